The molecule has 2 aliphatic carbocycles. The summed E-state index contributed by atoms with van der Waals surface area (Å²) in [5, 5.41) is 1.57. The molecular formula is C72H80N4O14. The first kappa shape index (κ1) is 63.9. The minimum absolute atomic E-state index is 0.0120. The molecule has 2 saturated carbocycles. The van der Waals surface area contributed by atoms with Gasteiger partial charge >= 0.3 is 24.1 Å². The molecule has 5 heterocycles. The third-order valence-electron chi connectivity index (χ3n) is 17.7. The van der Waals surface area contributed by atoms with Crippen LogP contribution >= 0.6 is 0 Å². The van der Waals surface area contributed by atoms with Crippen LogP contribution in [0, 0.1) is 22.7 Å². The second-order valence-corrected chi connectivity index (χ2v) is 23.6. The zero-order valence-corrected chi connectivity index (χ0v) is 51.8. The van der Waals surface area contributed by atoms with Crippen molar-refractivity contribution in [2.45, 2.75) is 115 Å². The van der Waals surface area contributed by atoms with Crippen LogP contribution in [0.4, 0.5) is 9.59 Å². The number of likely N-dealkylation sites (tertiary alicyclic amines) is 1. The van der Waals surface area contributed by atoms with E-state index in [0.717, 1.165) is 59.0 Å². The highest BCUT2D eigenvalue weighted by Crippen LogP contribution is 2.59. The van der Waals surface area contributed by atoms with Crippen LogP contribution in [0.2, 0.25) is 0 Å². The number of nitrogens with zero attached hydrogens (tertiary/aromatic N) is 4. The molecule has 0 bridgehead atoms. The number of ether oxygens (including phenoxy) is 8. The highest BCUT2D eigenvalue weighted by molar-refractivity contribution is 5.96. The summed E-state index contributed by atoms with van der Waals surface area (Å²) < 4.78 is 46.1. The largest absolute Gasteiger partial charge is 0.497 e. The number of benzene rings is 4. The monoisotopic (exact) mass is 1220 g/mol. The average Bonchev–Trinajstić information content (AvgIpc) is 1.57. The number of Topliss-reactive ketones (excluding diaryl/α,β-unsaturated/α-hetero) is 2. The summed E-state index contributed by atoms with van der Waals surface area (Å²) in [5.41, 5.74) is 2.88. The molecule has 0 N–H and O–H groups in total. The Morgan fingerprint density at radius 3 is 1.90 bits per heavy atom. The molecule has 0 spiro atoms. The zero-order chi connectivity index (χ0) is 63.4. The summed E-state index contributed by atoms with van der Waals surface area (Å²) in [6.07, 6.45) is 11.9. The van der Waals surface area contributed by atoms with Gasteiger partial charge in [-0.1, -0.05) is 85.0 Å². The molecule has 11 rings (SSSR count). The van der Waals surface area contributed by atoms with E-state index in [1.807, 2.05) is 121 Å². The number of allylic oxidation sites excluding steroid dienone is 4. The topological polar surface area (TPSA) is 209 Å². The summed E-state index contributed by atoms with van der Waals surface area (Å²) >= 11 is 0. The number of rotatable bonds is 21. The van der Waals surface area contributed by atoms with Crippen LogP contribution < -0.4 is 18.9 Å². The number of hydrogen-bond donors (Lipinski definition) is 0. The summed E-state index contributed by atoms with van der Waals surface area (Å²) in [6, 6.07) is 33.0. The zero-order valence-electron chi connectivity index (χ0n) is 51.8. The molecule has 8 atom stereocenters. The molecule has 6 aromatic rings. The summed E-state index contributed by atoms with van der Waals surface area (Å²) in [5.74, 6) is 1.19. The highest BCUT2D eigenvalue weighted by atomic mass is 16.6. The number of carbonyl (C=O) groups excluding carboxylic acids is 6. The van der Waals surface area contributed by atoms with E-state index in [9.17, 15) is 28.8 Å². The lowest BCUT2D eigenvalue weighted by Gasteiger charge is -2.24. The van der Waals surface area contributed by atoms with Crippen LogP contribution in [-0.2, 0) is 38.1 Å². The number of carbonyl (C=O) groups is 6. The molecule has 2 aromatic heterocycles. The van der Waals surface area contributed by atoms with Gasteiger partial charge in [0.2, 0.25) is 0 Å². The van der Waals surface area contributed by atoms with Gasteiger partial charge in [0.1, 0.15) is 35.2 Å². The summed E-state index contributed by atoms with van der Waals surface area (Å²) in [6.45, 7) is 12.4. The first-order valence-corrected chi connectivity index (χ1v) is 31.3. The van der Waals surface area contributed by atoms with Crippen molar-refractivity contribution in [3.8, 4) is 45.5 Å². The Morgan fingerprint density at radius 2 is 1.32 bits per heavy atom. The van der Waals surface area contributed by atoms with Gasteiger partial charge in [-0.15, -0.1) is 13.2 Å². The van der Waals surface area contributed by atoms with E-state index in [2.05, 4.69) is 19.2 Å². The molecule has 4 fully saturated rings. The lowest BCUT2D eigenvalue weighted by Crippen LogP contribution is -2.42. The molecule has 2 saturated heterocycles. The van der Waals surface area contributed by atoms with Crippen molar-refractivity contribution in [2.75, 3.05) is 53.7 Å². The van der Waals surface area contributed by atoms with Gasteiger partial charge < -0.3 is 37.9 Å². The van der Waals surface area contributed by atoms with Crippen LogP contribution in [0.1, 0.15) is 90.9 Å². The van der Waals surface area contributed by atoms with E-state index >= 15 is 0 Å². The molecule has 5 aliphatic rings. The Labute approximate surface area is 525 Å². The molecule has 2 amide bonds. The Balaban J connectivity index is 0.000000198. The normalized spacial score (nSPS) is 23.9. The first-order valence-electron chi connectivity index (χ1n) is 31.3. The van der Waals surface area contributed by atoms with Crippen LogP contribution in [-0.4, -0.2) is 133 Å². The lowest BCUT2D eigenvalue weighted by atomic mass is 9.92. The number of unbranched alkanes of at least 4 members (excludes halogenated alkanes) is 2. The van der Waals surface area contributed by atoms with Crippen molar-refractivity contribution in [1.82, 2.24) is 19.8 Å². The van der Waals surface area contributed by atoms with E-state index in [1.165, 1.54) is 9.80 Å². The van der Waals surface area contributed by atoms with Gasteiger partial charge in [0, 0.05) is 71.8 Å². The average molecular weight is 1230 g/mol. The maximum absolute atomic E-state index is 13.9. The third kappa shape index (κ3) is 14.5. The van der Waals surface area contributed by atoms with Gasteiger partial charge in [0.15, 0.2) is 11.6 Å². The molecular weight excluding hydrogens is 1140 g/mol. The van der Waals surface area contributed by atoms with Crippen LogP contribution in [0.25, 0.3) is 44.3 Å². The van der Waals surface area contributed by atoms with Gasteiger partial charge in [-0.3, -0.25) is 29.0 Å². The number of aromatic nitrogens is 2. The second kappa shape index (κ2) is 29.1. The molecule has 4 aromatic carbocycles. The van der Waals surface area contributed by atoms with Crippen molar-refractivity contribution in [3.05, 3.63) is 147 Å². The van der Waals surface area contributed by atoms with Gasteiger partial charge in [0.05, 0.1) is 99.1 Å². The Bertz CT molecular complexity index is 3630. The number of ketones is 2. The van der Waals surface area contributed by atoms with Crippen LogP contribution in [0.15, 0.2) is 147 Å². The fraction of sp³-hybridized carbons (Fsp3) is 0.417. The summed E-state index contributed by atoms with van der Waals surface area (Å²) in [7, 11) is 3.22. The minimum atomic E-state index is -0.945. The molecule has 3 aliphatic heterocycles. The standard InChI is InChI=1S/C37H42N2O7.C35H38N2O7/c1-5-8-9-13-18-45-36(42)39-24-28(20-32(39)33(40)23-37(22-26(37)6-2)35(41)44-7-3)46-34-21-30(25-14-11-10-12-15-25)38-31-19-27(43-4)16-17-29(31)34;1-3-42-33(39)35-20-24(35)13-9-4-5-10-16-43-34(40)37-22-26(18-30(37)31(38)21-35)44-32-19-28(23-11-7-6-8-12-23)36-29-17-25(41-2)14-15-27(29)32/h5-6,10-12,14-17,19,21,26,28,32H,1-2,7-9,13,18,20,22-24H2,3-4H3;6-9,11-15,17,19,24,26,30H,3-5,10,16,18,20-22H2,1-2H3/b;13-9-/t26-,28-,32+,37-;24-,26-,30+,35-/m11/s1. The first-order chi connectivity index (χ1) is 43.7. The predicted molar refractivity (Wildman–Crippen MR) is 340 cm³/mol. The SMILES string of the molecule is C=CCCCCOC(=O)N1C[C@H](Oc2cc(-c3ccccc3)nc3cc(OC)ccc23)C[C@H]1C(=O)C[C@]1(C(=O)OCC)C[C@H]1C=C.CCOC(=O)[C@]12CC(=O)[C@@H]3C[C@@H](Oc4cc(-c5ccccc5)nc5cc(OC)ccc45)CN3C(=O)OCCCC/C=C\[C@@H]1C2. The lowest BCUT2D eigenvalue weighted by molar-refractivity contribution is -0.152. The van der Waals surface area contributed by atoms with E-state index in [0.29, 0.717) is 59.7 Å². The van der Waals surface area contributed by atoms with Gasteiger partial charge in [-0.25, -0.2) is 19.6 Å². The number of esters is 2. The number of amides is 2. The fourth-order valence-corrected chi connectivity index (χ4v) is 12.6. The quantitative estimate of drug-likeness (QED) is 0.0284. The molecule has 0 radical (unpaired) electrons. The number of cyclic esters (lactones) is 1. The van der Waals surface area contributed by atoms with E-state index in [4.69, 9.17) is 47.9 Å². The third-order valence-corrected chi connectivity index (χ3v) is 17.7. The van der Waals surface area contributed by atoms with E-state index < -0.39 is 53.3 Å². The number of hydrogen-bond acceptors (Lipinski definition) is 16. The predicted octanol–water partition coefficient (Wildman–Crippen LogP) is 13.1. The van der Waals surface area contributed by atoms with Crippen LogP contribution in [0.3, 0.4) is 0 Å². The molecule has 18 heteroatoms. The second-order valence-electron chi connectivity index (χ2n) is 23.6. The molecule has 472 valence electrons. The van der Waals surface area contributed by atoms with Crippen molar-refractivity contribution >= 4 is 57.5 Å². The minimum Gasteiger partial charge on any atom is -0.497 e. The maximum atomic E-state index is 13.9. The Morgan fingerprint density at radius 1 is 0.711 bits per heavy atom. The fourth-order valence-electron chi connectivity index (χ4n) is 12.6. The maximum Gasteiger partial charge on any atom is 0.410 e. The van der Waals surface area contributed by atoms with Crippen molar-refractivity contribution in [1.29, 1.82) is 0 Å². The Kier molecular flexibility index (Phi) is 20.6. The van der Waals surface area contributed by atoms with Crippen molar-refractivity contribution < 1.29 is 66.7 Å². The number of methoxy groups -OCH3 is 2. The van der Waals surface area contributed by atoms with E-state index in [1.54, 1.807) is 34.1 Å². The van der Waals surface area contributed by atoms with E-state index in [-0.39, 0.29) is 94.6 Å². The van der Waals surface area contributed by atoms with Crippen molar-refractivity contribution in [3.63, 3.8) is 0 Å². The van der Waals surface area contributed by atoms with Gasteiger partial charge in [-0.05, 0) is 101 Å². The summed E-state index contributed by atoms with van der Waals surface area (Å²) in [4.78, 5) is 93.2. The van der Waals surface area contributed by atoms with Gasteiger partial charge in [-0.2, -0.15) is 0 Å². The Hall–Kier alpha value is -9.06. The van der Waals surface area contributed by atoms with Gasteiger partial charge in [0.25, 0.3) is 0 Å². The van der Waals surface area contributed by atoms with Crippen molar-refractivity contribution in [2.24, 2.45) is 22.7 Å². The number of pyridine rings is 2. The molecule has 90 heavy (non-hydrogen) atoms. The van der Waals surface area contributed by atoms with Crippen LogP contribution in [0.5, 0.6) is 23.0 Å². The number of fused-ring (bicyclic) bond motifs is 4. The molecule has 18 nitrogen and oxygen atoms in total. The molecule has 0 unspecified atom stereocenters. The highest BCUT2D eigenvalue weighted by Gasteiger charge is 2.63. The smallest absolute Gasteiger partial charge is 0.410 e.